The molecule has 0 aliphatic rings. The molecule has 0 N–H and O–H groups in total. The van der Waals surface area contributed by atoms with E-state index in [1.165, 1.54) is 44.1 Å². The van der Waals surface area contributed by atoms with Gasteiger partial charge in [0.15, 0.2) is 0 Å². The van der Waals surface area contributed by atoms with Crippen molar-refractivity contribution in [3.8, 4) is 0 Å². The molecule has 1 aromatic carbocycles. The molecular weight excluding hydrogens is 411 g/mol. The van der Waals surface area contributed by atoms with E-state index in [1.54, 1.807) is 13.3 Å². The first-order valence-electron chi connectivity index (χ1n) is 10.6. The van der Waals surface area contributed by atoms with E-state index in [0.29, 0.717) is 0 Å². The molecule has 1 nitrogen and oxygen atoms in total. The Hall–Kier alpha value is -0.281. The van der Waals surface area contributed by atoms with Crippen molar-refractivity contribution in [3.05, 3.63) is 46.1 Å². The van der Waals surface area contributed by atoms with Crippen molar-refractivity contribution in [1.29, 1.82) is 0 Å². The predicted molar refractivity (Wildman–Crippen MR) is 115 cm³/mol. The summed E-state index contributed by atoms with van der Waals surface area (Å²) in [5.74, 6) is 0. The summed E-state index contributed by atoms with van der Waals surface area (Å²) < 4.78 is 13.3. The molecule has 0 amide bonds. The van der Waals surface area contributed by atoms with E-state index in [-0.39, 0.29) is 0 Å². The minimum atomic E-state index is -2.06. The Morgan fingerprint density at radius 1 is 0.840 bits per heavy atom. The molecule has 0 saturated carbocycles. The van der Waals surface area contributed by atoms with Crippen LogP contribution in [0.15, 0.2) is 40.5 Å². The zero-order chi connectivity index (χ0) is 18.2. The van der Waals surface area contributed by atoms with Crippen LogP contribution in [0.3, 0.4) is 0 Å². The van der Waals surface area contributed by atoms with Crippen LogP contribution in [0.5, 0.6) is 0 Å². The van der Waals surface area contributed by atoms with Gasteiger partial charge < -0.3 is 0 Å². The number of ether oxygens (including phenoxy) is 1. The Morgan fingerprint density at radius 3 is 1.92 bits per heavy atom. The molecule has 0 aromatic heterocycles. The van der Waals surface area contributed by atoms with Crippen molar-refractivity contribution in [1.82, 2.24) is 0 Å². The average molecular weight is 451 g/mol. The molecule has 0 spiro atoms. The molecule has 2 heteroatoms. The van der Waals surface area contributed by atoms with E-state index in [0.717, 1.165) is 19.6 Å². The van der Waals surface area contributed by atoms with Gasteiger partial charge in [-0.05, 0) is 0 Å². The van der Waals surface area contributed by atoms with Crippen LogP contribution in [0, 0.1) is 0 Å². The van der Waals surface area contributed by atoms with Crippen LogP contribution < -0.4 is 0 Å². The Bertz CT molecular complexity index is 419. The zero-order valence-electron chi connectivity index (χ0n) is 16.9. The van der Waals surface area contributed by atoms with E-state index in [2.05, 4.69) is 61.3 Å². The maximum absolute atomic E-state index is 5.85. The maximum atomic E-state index is 5.85. The summed E-state index contributed by atoms with van der Waals surface area (Å²) in [6.07, 6.45) is 12.0. The average Bonchev–Trinajstić information content (AvgIpc) is 2.66. The number of hydrogen-bond donors (Lipinski definition) is 0. The molecule has 25 heavy (non-hydrogen) atoms. The Balaban J connectivity index is 2.47. The van der Waals surface area contributed by atoms with Gasteiger partial charge in [-0.2, -0.15) is 0 Å². The van der Waals surface area contributed by atoms with Crippen LogP contribution in [0.2, 0.25) is 13.3 Å². The van der Waals surface area contributed by atoms with Gasteiger partial charge in [-0.15, -0.1) is 0 Å². The predicted octanol–water partition coefficient (Wildman–Crippen LogP) is 7.54. The van der Waals surface area contributed by atoms with Gasteiger partial charge in [0, 0.05) is 0 Å². The molecule has 0 aliphatic heterocycles. The van der Waals surface area contributed by atoms with Crippen molar-refractivity contribution in [2.24, 2.45) is 0 Å². The van der Waals surface area contributed by atoms with Gasteiger partial charge >= 0.3 is 161 Å². The summed E-state index contributed by atoms with van der Waals surface area (Å²) in [5, 5.41) is 0. The quantitative estimate of drug-likeness (QED) is 0.198. The van der Waals surface area contributed by atoms with Gasteiger partial charge in [0.05, 0.1) is 0 Å². The summed E-state index contributed by atoms with van der Waals surface area (Å²) in [6, 6.07) is 10.5. The third-order valence-corrected chi connectivity index (χ3v) is 19.3. The number of rotatable bonds is 15. The van der Waals surface area contributed by atoms with Gasteiger partial charge in [-0.3, -0.25) is 0 Å². The standard InChI is InChI=1S/C11H13O.3C4H9.Sn/c1-2-3-9-12-10-11-7-5-4-6-8-11;3*1-3-4-2;/h1-2,4-8H,3,9-10H2;3*1,3-4H2,2H3;. The summed E-state index contributed by atoms with van der Waals surface area (Å²) in [7, 11) is 0. The van der Waals surface area contributed by atoms with Gasteiger partial charge in [-0.25, -0.2) is 0 Å². The molecule has 0 saturated heterocycles. The van der Waals surface area contributed by atoms with Crippen LogP contribution in [0.4, 0.5) is 0 Å². The number of unbranched alkanes of at least 4 members (excludes halogenated alkanes) is 3. The van der Waals surface area contributed by atoms with E-state index >= 15 is 0 Å². The molecule has 0 aliphatic carbocycles. The zero-order valence-corrected chi connectivity index (χ0v) is 19.8. The van der Waals surface area contributed by atoms with Crippen LogP contribution >= 0.6 is 0 Å². The van der Waals surface area contributed by atoms with Gasteiger partial charge in [0.1, 0.15) is 0 Å². The SMILES string of the molecule is CCC[CH2][Sn]([CH]=CCCOCc1ccccc1)([CH2]CCC)[CH2]CCC. The van der Waals surface area contributed by atoms with E-state index in [1.807, 2.05) is 0 Å². The van der Waals surface area contributed by atoms with Crippen LogP contribution in [0.25, 0.3) is 0 Å². The van der Waals surface area contributed by atoms with E-state index in [9.17, 15) is 0 Å². The molecule has 0 fully saturated rings. The molecule has 1 rings (SSSR count). The molecule has 1 aromatic rings. The second-order valence-corrected chi connectivity index (χ2v) is 20.4. The topological polar surface area (TPSA) is 9.23 Å². The normalized spacial score (nSPS) is 12.1. The molecule has 0 unspecified atom stereocenters. The van der Waals surface area contributed by atoms with Gasteiger partial charge in [-0.1, -0.05) is 0 Å². The second-order valence-electron chi connectivity index (χ2n) is 7.40. The first kappa shape index (κ1) is 22.8. The second kappa shape index (κ2) is 14.8. The van der Waals surface area contributed by atoms with Gasteiger partial charge in [0.2, 0.25) is 0 Å². The Labute approximate surface area is 161 Å². The van der Waals surface area contributed by atoms with Crippen molar-refractivity contribution in [2.75, 3.05) is 6.61 Å². The van der Waals surface area contributed by atoms with Crippen molar-refractivity contribution >= 4 is 18.4 Å². The van der Waals surface area contributed by atoms with Gasteiger partial charge in [0.25, 0.3) is 0 Å². The fraction of sp³-hybridized carbons (Fsp3) is 0.652. The van der Waals surface area contributed by atoms with Crippen molar-refractivity contribution in [3.63, 3.8) is 0 Å². The number of hydrogen-bond acceptors (Lipinski definition) is 1. The third kappa shape index (κ3) is 10.5. The fourth-order valence-electron chi connectivity index (χ4n) is 3.46. The molecule has 0 bridgehead atoms. The molecular formula is C23H40OSn. The van der Waals surface area contributed by atoms with E-state index < -0.39 is 18.4 Å². The Kier molecular flexibility index (Phi) is 13.5. The first-order valence-corrected chi connectivity index (χ1v) is 18.3. The van der Waals surface area contributed by atoms with Crippen LogP contribution in [-0.2, 0) is 11.3 Å². The summed E-state index contributed by atoms with van der Waals surface area (Å²) in [6.45, 7) is 8.62. The molecule has 0 atom stereocenters. The summed E-state index contributed by atoms with van der Waals surface area (Å²) >= 11 is -2.06. The third-order valence-electron chi connectivity index (χ3n) is 5.10. The summed E-state index contributed by atoms with van der Waals surface area (Å²) in [4.78, 5) is 0. The monoisotopic (exact) mass is 452 g/mol. The van der Waals surface area contributed by atoms with E-state index in [4.69, 9.17) is 4.74 Å². The summed E-state index contributed by atoms with van der Waals surface area (Å²) in [5.41, 5.74) is 1.27. The first-order chi connectivity index (χ1) is 12.3. The van der Waals surface area contributed by atoms with Crippen molar-refractivity contribution < 1.29 is 4.74 Å². The molecule has 0 heterocycles. The molecule has 142 valence electrons. The number of benzene rings is 1. The minimum absolute atomic E-state index is 0.741. The van der Waals surface area contributed by atoms with Crippen LogP contribution in [-0.4, -0.2) is 25.0 Å². The van der Waals surface area contributed by atoms with Crippen molar-refractivity contribution in [2.45, 2.75) is 85.6 Å². The van der Waals surface area contributed by atoms with Crippen LogP contribution in [0.1, 0.15) is 71.3 Å². The fourth-order valence-corrected chi connectivity index (χ4v) is 18.0. The molecule has 0 radical (unpaired) electrons. The Morgan fingerprint density at radius 2 is 1.40 bits per heavy atom.